The smallest absolute Gasteiger partial charge is 0.342 e. The van der Waals surface area contributed by atoms with E-state index in [4.69, 9.17) is 0 Å². The second-order valence-electron chi connectivity index (χ2n) is 5.68. The summed E-state index contributed by atoms with van der Waals surface area (Å²) in [5, 5.41) is 4.09. The topological polar surface area (TPSA) is 38.1 Å². The Kier molecular flexibility index (Phi) is 5.31. The van der Waals surface area contributed by atoms with Crippen LogP contribution < -0.4 is 0 Å². The van der Waals surface area contributed by atoms with Crippen molar-refractivity contribution in [3.05, 3.63) is 47.3 Å². The highest BCUT2D eigenvalue weighted by molar-refractivity contribution is 5.95. The first-order chi connectivity index (χ1) is 11.3. The lowest BCUT2D eigenvalue weighted by atomic mass is 10.2. The van der Waals surface area contributed by atoms with Gasteiger partial charge in [0, 0.05) is 13.6 Å². The summed E-state index contributed by atoms with van der Waals surface area (Å²) in [4.78, 5) is 14.0. The first-order valence-electron chi connectivity index (χ1n) is 7.73. The highest BCUT2D eigenvalue weighted by Gasteiger charge is 2.30. The fraction of sp³-hybridized carbons (Fsp3) is 0.412. The average molecular weight is 339 g/mol. The third kappa shape index (κ3) is 3.77. The summed E-state index contributed by atoms with van der Waals surface area (Å²) in [6.07, 6.45) is -1.15. The zero-order valence-corrected chi connectivity index (χ0v) is 13.9. The molecule has 0 radical (unpaired) electrons. The second kappa shape index (κ2) is 7.07. The predicted octanol–water partition coefficient (Wildman–Crippen LogP) is 4.07. The Balaban J connectivity index is 2.32. The third-order valence-electron chi connectivity index (χ3n) is 3.85. The maximum absolute atomic E-state index is 12.9. The minimum Gasteiger partial charge on any atom is -0.342 e. The molecule has 0 saturated heterocycles. The maximum atomic E-state index is 12.9. The van der Waals surface area contributed by atoms with Crippen molar-refractivity contribution < 1.29 is 18.0 Å². The van der Waals surface area contributed by atoms with E-state index in [1.165, 1.54) is 23.0 Å². The van der Waals surface area contributed by atoms with Crippen LogP contribution in [0.1, 0.15) is 41.4 Å². The fourth-order valence-corrected chi connectivity index (χ4v) is 2.40. The maximum Gasteiger partial charge on any atom is 0.416 e. The van der Waals surface area contributed by atoms with Crippen LogP contribution in [0, 0.1) is 6.92 Å². The highest BCUT2D eigenvalue weighted by Crippen LogP contribution is 2.30. The van der Waals surface area contributed by atoms with Crippen LogP contribution in [-0.2, 0) is 6.18 Å². The lowest BCUT2D eigenvalue weighted by molar-refractivity contribution is -0.137. The highest BCUT2D eigenvalue weighted by atomic mass is 19.4. The molecule has 2 aromatic rings. The van der Waals surface area contributed by atoms with Crippen molar-refractivity contribution in [2.75, 3.05) is 13.6 Å². The summed E-state index contributed by atoms with van der Waals surface area (Å²) in [5.41, 5.74) is 0.439. The molecule has 0 spiro atoms. The van der Waals surface area contributed by atoms with E-state index in [1.54, 1.807) is 18.9 Å². The summed E-state index contributed by atoms with van der Waals surface area (Å²) in [6, 6.07) is 4.89. The Morgan fingerprint density at radius 1 is 1.33 bits per heavy atom. The van der Waals surface area contributed by atoms with Gasteiger partial charge in [-0.1, -0.05) is 19.4 Å². The molecule has 0 aliphatic carbocycles. The van der Waals surface area contributed by atoms with Gasteiger partial charge >= 0.3 is 6.18 Å². The van der Waals surface area contributed by atoms with Gasteiger partial charge < -0.3 is 4.90 Å². The molecule has 4 nitrogen and oxygen atoms in total. The standard InChI is InChI=1S/C17H20F3N3O/c1-4-5-9-22(3)16(24)15-11-21-23(12(15)2)14-8-6-7-13(10-14)17(18,19)20/h6-8,10-11H,4-5,9H2,1-3H3. The Labute approximate surface area is 138 Å². The average Bonchev–Trinajstić information content (AvgIpc) is 2.92. The number of unbranched alkanes of at least 4 members (excludes halogenated alkanes) is 1. The molecular formula is C17H20F3N3O. The normalized spacial score (nSPS) is 11.6. The summed E-state index contributed by atoms with van der Waals surface area (Å²) < 4.78 is 39.9. The molecule has 1 aromatic heterocycles. The Morgan fingerprint density at radius 3 is 2.67 bits per heavy atom. The number of hydrogen-bond acceptors (Lipinski definition) is 2. The summed E-state index contributed by atoms with van der Waals surface area (Å²) >= 11 is 0. The number of halogens is 3. The number of carbonyl (C=O) groups is 1. The minimum atomic E-state index is -4.42. The Bertz CT molecular complexity index is 722. The van der Waals surface area contributed by atoms with Crippen molar-refractivity contribution in [3.63, 3.8) is 0 Å². The van der Waals surface area contributed by atoms with Crippen molar-refractivity contribution in [3.8, 4) is 5.69 Å². The quantitative estimate of drug-likeness (QED) is 0.823. The van der Waals surface area contributed by atoms with Gasteiger partial charge in [-0.25, -0.2) is 4.68 Å². The summed E-state index contributed by atoms with van der Waals surface area (Å²) in [6.45, 7) is 4.34. The van der Waals surface area contributed by atoms with E-state index < -0.39 is 11.7 Å². The van der Waals surface area contributed by atoms with Crippen LogP contribution in [0.15, 0.2) is 30.5 Å². The molecule has 0 fully saturated rings. The number of aromatic nitrogens is 2. The molecule has 0 bridgehead atoms. The van der Waals surface area contributed by atoms with E-state index in [0.29, 0.717) is 17.8 Å². The van der Waals surface area contributed by atoms with Gasteiger partial charge in [0.25, 0.3) is 5.91 Å². The lowest BCUT2D eigenvalue weighted by Gasteiger charge is -2.16. The number of rotatable bonds is 5. The molecule has 1 heterocycles. The van der Waals surface area contributed by atoms with Gasteiger partial charge in [0.1, 0.15) is 0 Å². The fourth-order valence-electron chi connectivity index (χ4n) is 2.40. The molecule has 0 saturated carbocycles. The molecule has 24 heavy (non-hydrogen) atoms. The zero-order valence-electron chi connectivity index (χ0n) is 13.9. The van der Waals surface area contributed by atoms with Crippen molar-refractivity contribution in [1.82, 2.24) is 14.7 Å². The van der Waals surface area contributed by atoms with Crippen molar-refractivity contribution in [2.24, 2.45) is 0 Å². The molecule has 0 atom stereocenters. The molecule has 2 rings (SSSR count). The van der Waals surface area contributed by atoms with Crippen LogP contribution in [-0.4, -0.2) is 34.2 Å². The van der Waals surface area contributed by atoms with Gasteiger partial charge in [0.2, 0.25) is 0 Å². The predicted molar refractivity (Wildman–Crippen MR) is 85.2 cm³/mol. The minimum absolute atomic E-state index is 0.181. The van der Waals surface area contributed by atoms with Crippen LogP contribution in [0.2, 0.25) is 0 Å². The zero-order chi connectivity index (χ0) is 17.9. The second-order valence-corrected chi connectivity index (χ2v) is 5.68. The first-order valence-corrected chi connectivity index (χ1v) is 7.73. The van der Waals surface area contributed by atoms with Gasteiger partial charge in [-0.3, -0.25) is 4.79 Å². The SMILES string of the molecule is CCCCN(C)C(=O)c1cnn(-c2cccc(C(F)(F)F)c2)c1C. The Hall–Kier alpha value is -2.31. The molecular weight excluding hydrogens is 319 g/mol. The van der Waals surface area contributed by atoms with Gasteiger partial charge in [0.15, 0.2) is 0 Å². The van der Waals surface area contributed by atoms with Crippen molar-refractivity contribution in [2.45, 2.75) is 32.9 Å². The van der Waals surface area contributed by atoms with E-state index >= 15 is 0 Å². The van der Waals surface area contributed by atoms with Gasteiger partial charge in [0.05, 0.1) is 28.7 Å². The molecule has 0 aliphatic heterocycles. The number of hydrogen-bond donors (Lipinski definition) is 0. The third-order valence-corrected chi connectivity index (χ3v) is 3.85. The number of alkyl halides is 3. The lowest BCUT2D eigenvalue weighted by Crippen LogP contribution is -2.28. The number of nitrogens with zero attached hydrogens (tertiary/aromatic N) is 3. The molecule has 0 aliphatic rings. The molecule has 1 aromatic carbocycles. The summed E-state index contributed by atoms with van der Waals surface area (Å²) in [5.74, 6) is -0.181. The van der Waals surface area contributed by atoms with Crippen molar-refractivity contribution in [1.29, 1.82) is 0 Å². The van der Waals surface area contributed by atoms with Crippen LogP contribution >= 0.6 is 0 Å². The van der Waals surface area contributed by atoms with Gasteiger partial charge in [-0.2, -0.15) is 18.3 Å². The van der Waals surface area contributed by atoms with E-state index in [1.807, 2.05) is 6.92 Å². The summed E-state index contributed by atoms with van der Waals surface area (Å²) in [7, 11) is 1.71. The molecule has 7 heteroatoms. The number of carbonyl (C=O) groups excluding carboxylic acids is 1. The number of amides is 1. The molecule has 1 amide bonds. The Morgan fingerprint density at radius 2 is 2.04 bits per heavy atom. The monoisotopic (exact) mass is 339 g/mol. The number of benzene rings is 1. The van der Waals surface area contributed by atoms with Crippen LogP contribution in [0.25, 0.3) is 5.69 Å². The van der Waals surface area contributed by atoms with Crippen LogP contribution in [0.5, 0.6) is 0 Å². The van der Waals surface area contributed by atoms with E-state index in [9.17, 15) is 18.0 Å². The largest absolute Gasteiger partial charge is 0.416 e. The van der Waals surface area contributed by atoms with Crippen LogP contribution in [0.4, 0.5) is 13.2 Å². The first kappa shape index (κ1) is 18.0. The van der Waals surface area contributed by atoms with Crippen molar-refractivity contribution >= 4 is 5.91 Å². The van der Waals surface area contributed by atoms with Gasteiger partial charge in [-0.15, -0.1) is 0 Å². The van der Waals surface area contributed by atoms with E-state index in [-0.39, 0.29) is 11.6 Å². The van der Waals surface area contributed by atoms with E-state index in [2.05, 4.69) is 5.10 Å². The molecule has 0 N–H and O–H groups in total. The molecule has 130 valence electrons. The van der Waals surface area contributed by atoms with Crippen LogP contribution in [0.3, 0.4) is 0 Å². The van der Waals surface area contributed by atoms with E-state index in [0.717, 1.165) is 25.0 Å². The molecule has 0 unspecified atom stereocenters. The van der Waals surface area contributed by atoms with Gasteiger partial charge in [-0.05, 0) is 31.5 Å².